The molecular formula is C22H21FN4O2. The van der Waals surface area contributed by atoms with E-state index < -0.39 is 0 Å². The third kappa shape index (κ3) is 3.02. The average molecular weight is 392 g/mol. The SMILES string of the molecule is CCc1nn2c(ncc3c(=O)n(C[C@H]4CCCO4)ccc32)c1-c1ccc(F)cc1. The highest BCUT2D eigenvalue weighted by atomic mass is 19.1. The third-order valence-electron chi connectivity index (χ3n) is 5.55. The van der Waals surface area contributed by atoms with E-state index in [9.17, 15) is 9.18 Å². The van der Waals surface area contributed by atoms with Crippen molar-refractivity contribution in [2.45, 2.75) is 38.8 Å². The van der Waals surface area contributed by atoms with Gasteiger partial charge in [0.05, 0.1) is 29.2 Å². The molecule has 148 valence electrons. The van der Waals surface area contributed by atoms with E-state index in [1.54, 1.807) is 33.6 Å². The fraction of sp³-hybridized carbons (Fsp3) is 0.318. The molecule has 0 radical (unpaired) electrons. The summed E-state index contributed by atoms with van der Waals surface area (Å²) in [7, 11) is 0. The summed E-state index contributed by atoms with van der Waals surface area (Å²) in [6, 6.07) is 8.24. The molecule has 0 unspecified atom stereocenters. The van der Waals surface area contributed by atoms with Crippen molar-refractivity contribution in [1.82, 2.24) is 19.2 Å². The number of rotatable bonds is 4. The minimum Gasteiger partial charge on any atom is -0.376 e. The lowest BCUT2D eigenvalue weighted by Crippen LogP contribution is -2.26. The lowest BCUT2D eigenvalue weighted by atomic mass is 10.0. The number of nitrogens with zero attached hydrogens (tertiary/aromatic N) is 4. The highest BCUT2D eigenvalue weighted by Crippen LogP contribution is 2.29. The number of halogens is 1. The van der Waals surface area contributed by atoms with E-state index in [4.69, 9.17) is 9.84 Å². The molecule has 1 atom stereocenters. The number of pyridine rings is 1. The van der Waals surface area contributed by atoms with Gasteiger partial charge in [-0.1, -0.05) is 19.1 Å². The summed E-state index contributed by atoms with van der Waals surface area (Å²) in [6.45, 7) is 3.33. The molecule has 0 N–H and O–H groups in total. The lowest BCUT2D eigenvalue weighted by Gasteiger charge is -2.12. The molecule has 1 aliphatic heterocycles. The van der Waals surface area contributed by atoms with Gasteiger partial charge in [-0.3, -0.25) is 4.79 Å². The molecule has 0 saturated carbocycles. The first-order valence-corrected chi connectivity index (χ1v) is 9.93. The topological polar surface area (TPSA) is 61.4 Å². The minimum atomic E-state index is -0.284. The Morgan fingerprint density at radius 3 is 2.79 bits per heavy atom. The van der Waals surface area contributed by atoms with Gasteiger partial charge < -0.3 is 9.30 Å². The Bertz CT molecular complexity index is 1250. The Morgan fingerprint density at radius 2 is 2.07 bits per heavy atom. The molecule has 0 aliphatic carbocycles. The van der Waals surface area contributed by atoms with Crippen LogP contribution in [0.2, 0.25) is 0 Å². The van der Waals surface area contributed by atoms with Crippen LogP contribution < -0.4 is 5.56 Å². The summed E-state index contributed by atoms with van der Waals surface area (Å²) >= 11 is 0. The third-order valence-corrected chi connectivity index (χ3v) is 5.55. The molecule has 1 aromatic carbocycles. The largest absolute Gasteiger partial charge is 0.376 e. The average Bonchev–Trinajstić information content (AvgIpc) is 3.38. The van der Waals surface area contributed by atoms with E-state index in [0.717, 1.165) is 36.3 Å². The number of hydrogen-bond acceptors (Lipinski definition) is 4. The molecule has 6 nitrogen and oxygen atoms in total. The highest BCUT2D eigenvalue weighted by Gasteiger charge is 2.20. The summed E-state index contributed by atoms with van der Waals surface area (Å²) < 4.78 is 22.5. The van der Waals surface area contributed by atoms with Crippen molar-refractivity contribution < 1.29 is 9.13 Å². The van der Waals surface area contributed by atoms with Gasteiger partial charge in [-0.15, -0.1) is 0 Å². The molecule has 1 aliphatic rings. The van der Waals surface area contributed by atoms with Crippen LogP contribution in [0.5, 0.6) is 0 Å². The second-order valence-corrected chi connectivity index (χ2v) is 7.38. The zero-order valence-corrected chi connectivity index (χ0v) is 16.1. The smallest absolute Gasteiger partial charge is 0.261 e. The quantitative estimate of drug-likeness (QED) is 0.533. The second kappa shape index (κ2) is 7.08. The maximum Gasteiger partial charge on any atom is 0.261 e. The van der Waals surface area contributed by atoms with Crippen LogP contribution in [-0.2, 0) is 17.7 Å². The molecule has 1 fully saturated rings. The molecule has 29 heavy (non-hydrogen) atoms. The molecular weight excluding hydrogens is 371 g/mol. The van der Waals surface area contributed by atoms with Gasteiger partial charge in [0.25, 0.3) is 5.56 Å². The monoisotopic (exact) mass is 392 g/mol. The number of hydrogen-bond donors (Lipinski definition) is 0. The Kier molecular flexibility index (Phi) is 4.39. The Labute approximate surface area is 166 Å². The molecule has 5 rings (SSSR count). The minimum absolute atomic E-state index is 0.0864. The van der Waals surface area contributed by atoms with Crippen LogP contribution in [0, 0.1) is 5.82 Å². The maximum absolute atomic E-state index is 13.4. The second-order valence-electron chi connectivity index (χ2n) is 7.38. The predicted molar refractivity (Wildman–Crippen MR) is 108 cm³/mol. The molecule has 7 heteroatoms. The van der Waals surface area contributed by atoms with Gasteiger partial charge >= 0.3 is 0 Å². The van der Waals surface area contributed by atoms with Crippen molar-refractivity contribution in [2.75, 3.05) is 6.61 Å². The molecule has 3 aromatic heterocycles. The zero-order valence-electron chi connectivity index (χ0n) is 16.1. The Morgan fingerprint density at radius 1 is 1.24 bits per heavy atom. The number of aryl methyl sites for hydroxylation is 1. The van der Waals surface area contributed by atoms with Crippen LogP contribution in [0.15, 0.2) is 47.5 Å². The van der Waals surface area contributed by atoms with E-state index >= 15 is 0 Å². The van der Waals surface area contributed by atoms with E-state index in [0.29, 0.717) is 29.5 Å². The first kappa shape index (κ1) is 18.0. The zero-order chi connectivity index (χ0) is 20.0. The summed E-state index contributed by atoms with van der Waals surface area (Å²) in [6.07, 6.45) is 6.22. The number of aromatic nitrogens is 4. The van der Waals surface area contributed by atoms with Gasteiger partial charge in [0.1, 0.15) is 5.82 Å². The fourth-order valence-corrected chi connectivity index (χ4v) is 4.07. The van der Waals surface area contributed by atoms with E-state index in [-0.39, 0.29) is 17.5 Å². The van der Waals surface area contributed by atoms with Gasteiger partial charge in [-0.2, -0.15) is 5.10 Å². The predicted octanol–water partition coefficient (Wildman–Crippen LogP) is 3.59. The first-order valence-electron chi connectivity index (χ1n) is 9.93. The van der Waals surface area contributed by atoms with Crippen LogP contribution in [0.3, 0.4) is 0 Å². The summed E-state index contributed by atoms with van der Waals surface area (Å²) in [5.41, 5.74) is 3.88. The van der Waals surface area contributed by atoms with Gasteiger partial charge in [-0.25, -0.2) is 13.9 Å². The summed E-state index contributed by atoms with van der Waals surface area (Å²) in [4.78, 5) is 17.6. The van der Waals surface area contributed by atoms with Gasteiger partial charge in [-0.05, 0) is 43.0 Å². The van der Waals surface area contributed by atoms with Crippen LogP contribution >= 0.6 is 0 Å². The van der Waals surface area contributed by atoms with Gasteiger partial charge in [0, 0.05) is 24.6 Å². The number of ether oxygens (including phenoxy) is 1. The molecule has 4 heterocycles. The summed E-state index contributed by atoms with van der Waals surface area (Å²) in [5, 5.41) is 5.24. The van der Waals surface area contributed by atoms with Crippen molar-refractivity contribution >= 4 is 16.6 Å². The first-order chi connectivity index (χ1) is 14.2. The molecule has 1 saturated heterocycles. The highest BCUT2D eigenvalue weighted by molar-refractivity contribution is 5.86. The standard InChI is InChI=1S/C22H21FN4O2/c1-2-18-20(14-5-7-15(23)8-6-14)21-24-12-17-19(27(21)25-18)9-10-26(22(17)28)13-16-4-3-11-29-16/h5-10,12,16H,2-4,11,13H2,1H3/t16-/m1/s1. The lowest BCUT2D eigenvalue weighted by molar-refractivity contribution is 0.0963. The van der Waals surface area contributed by atoms with Gasteiger partial charge in [0.2, 0.25) is 0 Å². The molecule has 4 aromatic rings. The maximum atomic E-state index is 13.4. The van der Waals surface area contributed by atoms with Crippen LogP contribution in [0.1, 0.15) is 25.5 Å². The number of fused-ring (bicyclic) bond motifs is 3. The van der Waals surface area contributed by atoms with Crippen molar-refractivity contribution in [1.29, 1.82) is 0 Å². The molecule has 0 bridgehead atoms. The Hall–Kier alpha value is -3.06. The molecule has 0 amide bonds. The van der Waals surface area contributed by atoms with Crippen molar-refractivity contribution in [3.8, 4) is 11.1 Å². The van der Waals surface area contributed by atoms with Crippen LogP contribution in [0.4, 0.5) is 4.39 Å². The van der Waals surface area contributed by atoms with Gasteiger partial charge in [0.15, 0.2) is 5.65 Å². The van der Waals surface area contributed by atoms with Crippen molar-refractivity contribution in [3.63, 3.8) is 0 Å². The van der Waals surface area contributed by atoms with E-state index in [1.807, 2.05) is 13.0 Å². The molecule has 0 spiro atoms. The van der Waals surface area contributed by atoms with Crippen molar-refractivity contribution in [2.24, 2.45) is 0 Å². The summed E-state index contributed by atoms with van der Waals surface area (Å²) in [5.74, 6) is -0.284. The fourth-order valence-electron chi connectivity index (χ4n) is 4.07. The Balaban J connectivity index is 1.68. The van der Waals surface area contributed by atoms with Crippen molar-refractivity contribution in [3.05, 3.63) is 64.6 Å². The van der Waals surface area contributed by atoms with E-state index in [2.05, 4.69) is 4.98 Å². The number of benzene rings is 1. The van der Waals surface area contributed by atoms with Crippen LogP contribution in [-0.4, -0.2) is 31.9 Å². The normalized spacial score (nSPS) is 16.8. The van der Waals surface area contributed by atoms with Crippen LogP contribution in [0.25, 0.3) is 27.7 Å². The van der Waals surface area contributed by atoms with E-state index in [1.165, 1.54) is 12.1 Å².